The van der Waals surface area contributed by atoms with Crippen LogP contribution in [0.2, 0.25) is 0 Å². The van der Waals surface area contributed by atoms with Crippen molar-refractivity contribution in [1.29, 1.82) is 0 Å². The van der Waals surface area contributed by atoms with E-state index < -0.39 is 10.0 Å². The van der Waals surface area contributed by atoms with E-state index in [9.17, 15) is 8.42 Å². The first-order chi connectivity index (χ1) is 14.1. The number of nitrogens with one attached hydrogen (secondary N) is 1. The van der Waals surface area contributed by atoms with Crippen LogP contribution in [0.3, 0.4) is 0 Å². The van der Waals surface area contributed by atoms with Crippen molar-refractivity contribution in [2.45, 2.75) is 11.4 Å². The van der Waals surface area contributed by atoms with Gasteiger partial charge in [0.25, 0.3) is 10.0 Å². The largest absolute Gasteiger partial charge is 0.369 e. The van der Waals surface area contributed by atoms with Crippen molar-refractivity contribution in [3.8, 4) is 0 Å². The Morgan fingerprint density at radius 1 is 0.724 bits per heavy atom. The van der Waals surface area contributed by atoms with E-state index in [2.05, 4.69) is 38.8 Å². The van der Waals surface area contributed by atoms with Crippen LogP contribution in [0, 0.1) is 0 Å². The zero-order valence-corrected chi connectivity index (χ0v) is 17.1. The summed E-state index contributed by atoms with van der Waals surface area (Å²) in [7, 11) is -3.56. The summed E-state index contributed by atoms with van der Waals surface area (Å²) >= 11 is 0. The molecule has 29 heavy (non-hydrogen) atoms. The van der Waals surface area contributed by atoms with Crippen LogP contribution >= 0.6 is 0 Å². The van der Waals surface area contributed by atoms with E-state index in [0.717, 1.165) is 38.4 Å². The lowest BCUT2D eigenvalue weighted by atomic mass is 10.2. The Kier molecular flexibility index (Phi) is 5.83. The molecule has 0 aliphatic carbocycles. The molecule has 0 saturated carbocycles. The molecule has 1 saturated heterocycles. The lowest BCUT2D eigenvalue weighted by Gasteiger charge is -2.36. The molecule has 1 N–H and O–H groups in total. The van der Waals surface area contributed by atoms with Gasteiger partial charge in [-0.25, -0.2) is 8.42 Å². The SMILES string of the molecule is O=S(=O)(Nc1ccc(N2CCN(Cc3ccccc3)CC2)cc1)c1ccccc1. The normalized spacial score (nSPS) is 15.2. The van der Waals surface area contributed by atoms with Gasteiger partial charge in [-0.2, -0.15) is 0 Å². The van der Waals surface area contributed by atoms with Crippen LogP contribution in [0.1, 0.15) is 5.56 Å². The summed E-state index contributed by atoms with van der Waals surface area (Å²) < 4.78 is 27.5. The second kappa shape index (κ2) is 8.68. The van der Waals surface area contributed by atoms with E-state index in [1.54, 1.807) is 30.3 Å². The molecular weight excluding hydrogens is 382 g/mol. The van der Waals surface area contributed by atoms with Crippen LogP contribution in [0.5, 0.6) is 0 Å². The molecule has 1 fully saturated rings. The van der Waals surface area contributed by atoms with Gasteiger partial charge in [-0.3, -0.25) is 9.62 Å². The van der Waals surface area contributed by atoms with Gasteiger partial charge < -0.3 is 4.90 Å². The Bertz CT molecular complexity index is 1010. The molecule has 0 aromatic heterocycles. The average Bonchev–Trinajstić information content (AvgIpc) is 2.76. The third-order valence-corrected chi connectivity index (χ3v) is 6.56. The van der Waals surface area contributed by atoms with Crippen molar-refractivity contribution in [1.82, 2.24) is 4.90 Å². The van der Waals surface area contributed by atoms with Gasteiger partial charge >= 0.3 is 0 Å². The molecule has 0 atom stereocenters. The predicted octanol–water partition coefficient (Wildman–Crippen LogP) is 3.81. The molecular formula is C23H25N3O2S. The van der Waals surface area contributed by atoms with Crippen LogP contribution in [-0.4, -0.2) is 39.5 Å². The van der Waals surface area contributed by atoms with E-state index in [1.165, 1.54) is 5.56 Å². The molecule has 1 aliphatic rings. The molecule has 6 heteroatoms. The smallest absolute Gasteiger partial charge is 0.261 e. The zero-order valence-electron chi connectivity index (χ0n) is 16.2. The highest BCUT2D eigenvalue weighted by Gasteiger charge is 2.18. The van der Waals surface area contributed by atoms with Crippen LogP contribution in [0.15, 0.2) is 89.8 Å². The minimum absolute atomic E-state index is 0.263. The highest BCUT2D eigenvalue weighted by molar-refractivity contribution is 7.92. The average molecular weight is 408 g/mol. The number of piperazine rings is 1. The zero-order chi connectivity index (χ0) is 20.1. The minimum Gasteiger partial charge on any atom is -0.369 e. The number of sulfonamides is 1. The number of anilines is 2. The summed E-state index contributed by atoms with van der Waals surface area (Å²) in [5.41, 5.74) is 3.03. The summed E-state index contributed by atoms with van der Waals surface area (Å²) in [6.45, 7) is 4.92. The number of benzene rings is 3. The maximum atomic E-state index is 12.4. The van der Waals surface area contributed by atoms with E-state index >= 15 is 0 Å². The quantitative estimate of drug-likeness (QED) is 0.675. The molecule has 3 aromatic rings. The molecule has 1 heterocycles. The molecule has 0 amide bonds. The Morgan fingerprint density at radius 2 is 1.31 bits per heavy atom. The summed E-state index contributed by atoms with van der Waals surface area (Å²) in [5, 5.41) is 0. The first kappa shape index (κ1) is 19.5. The van der Waals surface area contributed by atoms with E-state index in [4.69, 9.17) is 0 Å². The summed E-state index contributed by atoms with van der Waals surface area (Å²) in [5.74, 6) is 0. The van der Waals surface area contributed by atoms with Crippen molar-refractivity contribution in [3.05, 3.63) is 90.5 Å². The third-order valence-electron chi connectivity index (χ3n) is 5.16. The van der Waals surface area contributed by atoms with Crippen LogP contribution < -0.4 is 9.62 Å². The Hall–Kier alpha value is -2.83. The van der Waals surface area contributed by atoms with Gasteiger partial charge in [0, 0.05) is 44.1 Å². The first-order valence-corrected chi connectivity index (χ1v) is 11.3. The second-order valence-electron chi connectivity index (χ2n) is 7.21. The lowest BCUT2D eigenvalue weighted by molar-refractivity contribution is 0.250. The standard InChI is InChI=1S/C23H25N3O2S/c27-29(28,23-9-5-2-6-10-23)24-21-11-13-22(14-12-21)26-17-15-25(16-18-26)19-20-7-3-1-4-8-20/h1-14,24H,15-19H2. The van der Waals surface area contributed by atoms with Gasteiger partial charge in [0.1, 0.15) is 0 Å². The molecule has 1 aliphatic heterocycles. The van der Waals surface area contributed by atoms with Gasteiger partial charge in [0.2, 0.25) is 0 Å². The number of rotatable bonds is 6. The molecule has 3 aromatic carbocycles. The number of hydrogen-bond donors (Lipinski definition) is 1. The highest BCUT2D eigenvalue weighted by Crippen LogP contribution is 2.22. The third kappa shape index (κ3) is 4.96. The number of nitrogens with zero attached hydrogens (tertiary/aromatic N) is 2. The van der Waals surface area contributed by atoms with Crippen molar-refractivity contribution >= 4 is 21.4 Å². The van der Waals surface area contributed by atoms with Gasteiger partial charge in [-0.15, -0.1) is 0 Å². The molecule has 5 nitrogen and oxygen atoms in total. The molecule has 0 radical (unpaired) electrons. The Morgan fingerprint density at radius 3 is 1.93 bits per heavy atom. The minimum atomic E-state index is -3.56. The van der Waals surface area contributed by atoms with Crippen molar-refractivity contribution in [2.75, 3.05) is 35.8 Å². The van der Waals surface area contributed by atoms with E-state index in [0.29, 0.717) is 5.69 Å². The summed E-state index contributed by atoms with van der Waals surface area (Å²) in [6, 6.07) is 26.6. The van der Waals surface area contributed by atoms with E-state index in [-0.39, 0.29) is 4.90 Å². The fraction of sp³-hybridized carbons (Fsp3) is 0.217. The fourth-order valence-electron chi connectivity index (χ4n) is 3.56. The molecule has 150 valence electrons. The summed E-state index contributed by atoms with van der Waals surface area (Å²) in [4.78, 5) is 5.07. The molecule has 0 bridgehead atoms. The maximum Gasteiger partial charge on any atom is 0.261 e. The fourth-order valence-corrected chi connectivity index (χ4v) is 4.64. The van der Waals surface area contributed by atoms with Crippen LogP contribution in [-0.2, 0) is 16.6 Å². The second-order valence-corrected chi connectivity index (χ2v) is 8.90. The van der Waals surface area contributed by atoms with Crippen molar-refractivity contribution in [2.24, 2.45) is 0 Å². The Labute approximate surface area is 172 Å². The van der Waals surface area contributed by atoms with Gasteiger partial charge in [0.05, 0.1) is 4.90 Å². The van der Waals surface area contributed by atoms with E-state index in [1.807, 2.05) is 30.3 Å². The monoisotopic (exact) mass is 407 g/mol. The van der Waals surface area contributed by atoms with Crippen LogP contribution in [0.4, 0.5) is 11.4 Å². The predicted molar refractivity (Wildman–Crippen MR) is 118 cm³/mol. The van der Waals surface area contributed by atoms with Gasteiger partial charge in [-0.1, -0.05) is 48.5 Å². The van der Waals surface area contributed by atoms with Crippen molar-refractivity contribution in [3.63, 3.8) is 0 Å². The maximum absolute atomic E-state index is 12.4. The van der Waals surface area contributed by atoms with Gasteiger partial charge in [-0.05, 0) is 42.0 Å². The Balaban J connectivity index is 1.34. The van der Waals surface area contributed by atoms with Crippen LogP contribution in [0.25, 0.3) is 0 Å². The lowest BCUT2D eigenvalue weighted by Crippen LogP contribution is -2.45. The molecule has 0 unspecified atom stereocenters. The molecule has 4 rings (SSSR count). The first-order valence-electron chi connectivity index (χ1n) is 9.79. The van der Waals surface area contributed by atoms with Crippen molar-refractivity contribution < 1.29 is 8.42 Å². The molecule has 0 spiro atoms. The number of hydrogen-bond acceptors (Lipinski definition) is 4. The van der Waals surface area contributed by atoms with Gasteiger partial charge in [0.15, 0.2) is 0 Å². The topological polar surface area (TPSA) is 52.7 Å². The summed E-state index contributed by atoms with van der Waals surface area (Å²) in [6.07, 6.45) is 0. The highest BCUT2D eigenvalue weighted by atomic mass is 32.2.